The third-order valence-electron chi connectivity index (χ3n) is 3.87. The van der Waals surface area contributed by atoms with E-state index in [2.05, 4.69) is 83.1 Å². The molecule has 20 heavy (non-hydrogen) atoms. The Morgan fingerprint density at radius 2 is 1.20 bits per heavy atom. The monoisotopic (exact) mass is 266 g/mol. The van der Waals surface area contributed by atoms with E-state index in [1.165, 1.54) is 22.3 Å². The Morgan fingerprint density at radius 1 is 0.750 bits per heavy atom. The Balaban J connectivity index is 2.10. The highest BCUT2D eigenvalue weighted by molar-refractivity contribution is 5.33. The molecule has 0 spiro atoms. The summed E-state index contributed by atoms with van der Waals surface area (Å²) in [5.41, 5.74) is 5.82. The molecule has 0 bridgehead atoms. The lowest BCUT2D eigenvalue weighted by Crippen LogP contribution is -2.10. The topological polar surface area (TPSA) is 0 Å². The Hall–Kier alpha value is -1.56. The minimum absolute atomic E-state index is 0.234. The summed E-state index contributed by atoms with van der Waals surface area (Å²) in [6.07, 6.45) is 1.02. The maximum atomic E-state index is 2.26. The Morgan fingerprint density at radius 3 is 1.60 bits per heavy atom. The van der Waals surface area contributed by atoms with Crippen LogP contribution in [0.15, 0.2) is 48.5 Å². The first-order chi connectivity index (χ1) is 9.36. The zero-order valence-corrected chi connectivity index (χ0v) is 13.4. The van der Waals surface area contributed by atoms with Crippen LogP contribution in [0.1, 0.15) is 62.8 Å². The Labute approximate surface area is 123 Å². The van der Waals surface area contributed by atoms with Gasteiger partial charge in [-0.25, -0.2) is 0 Å². The fourth-order valence-electron chi connectivity index (χ4n) is 2.38. The third-order valence-corrected chi connectivity index (χ3v) is 3.87. The van der Waals surface area contributed by atoms with Gasteiger partial charge in [-0.05, 0) is 40.0 Å². The van der Waals surface area contributed by atoms with Crippen molar-refractivity contribution in [1.82, 2.24) is 0 Å². The molecule has 0 aliphatic heterocycles. The van der Waals surface area contributed by atoms with Gasteiger partial charge in [0.15, 0.2) is 0 Å². The Bertz CT molecular complexity index is 536. The summed E-state index contributed by atoms with van der Waals surface area (Å²) < 4.78 is 0. The molecule has 0 saturated carbocycles. The highest BCUT2D eigenvalue weighted by Gasteiger charge is 2.12. The molecule has 2 aromatic carbocycles. The van der Waals surface area contributed by atoms with Gasteiger partial charge in [0.25, 0.3) is 0 Å². The fourth-order valence-corrected chi connectivity index (χ4v) is 2.38. The quantitative estimate of drug-likeness (QED) is 0.668. The number of hydrogen-bond donors (Lipinski definition) is 0. The molecule has 0 nitrogen and oxygen atoms in total. The molecule has 0 unspecified atom stereocenters. The second-order valence-corrected chi connectivity index (χ2v) is 7.02. The molecule has 2 aromatic rings. The molecule has 0 atom stereocenters. The molecule has 0 heteroatoms. The van der Waals surface area contributed by atoms with E-state index < -0.39 is 0 Å². The van der Waals surface area contributed by atoms with Crippen LogP contribution in [-0.4, -0.2) is 0 Å². The van der Waals surface area contributed by atoms with Gasteiger partial charge in [0.05, 0.1) is 0 Å². The van der Waals surface area contributed by atoms with Crippen molar-refractivity contribution in [3.8, 4) is 0 Å². The van der Waals surface area contributed by atoms with E-state index in [1.54, 1.807) is 0 Å². The minimum atomic E-state index is 0.234. The molecule has 0 N–H and O–H groups in total. The van der Waals surface area contributed by atoms with Gasteiger partial charge < -0.3 is 0 Å². The van der Waals surface area contributed by atoms with Gasteiger partial charge >= 0.3 is 0 Å². The van der Waals surface area contributed by atoms with Crippen LogP contribution in [0.4, 0.5) is 0 Å². The molecule has 0 heterocycles. The van der Waals surface area contributed by atoms with Crippen molar-refractivity contribution in [2.24, 2.45) is 0 Å². The molecular formula is C20H26. The molecule has 0 fully saturated rings. The first-order valence-electron chi connectivity index (χ1n) is 7.54. The van der Waals surface area contributed by atoms with E-state index in [-0.39, 0.29) is 5.41 Å². The van der Waals surface area contributed by atoms with E-state index in [0.29, 0.717) is 5.92 Å². The summed E-state index contributed by atoms with van der Waals surface area (Å²) >= 11 is 0. The summed E-state index contributed by atoms with van der Waals surface area (Å²) in [6.45, 7) is 11.2. The predicted octanol–water partition coefficient (Wildman–Crippen LogP) is 5.70. The zero-order chi connectivity index (χ0) is 14.8. The lowest BCUT2D eigenvalue weighted by molar-refractivity contribution is 0.590. The second kappa shape index (κ2) is 5.83. The Kier molecular flexibility index (Phi) is 4.32. The van der Waals surface area contributed by atoms with Gasteiger partial charge in [0, 0.05) is 0 Å². The van der Waals surface area contributed by atoms with Crippen LogP contribution in [0.2, 0.25) is 0 Å². The van der Waals surface area contributed by atoms with Crippen LogP contribution in [0.25, 0.3) is 0 Å². The van der Waals surface area contributed by atoms with Crippen LogP contribution in [-0.2, 0) is 11.8 Å². The zero-order valence-electron chi connectivity index (χ0n) is 13.4. The van der Waals surface area contributed by atoms with E-state index >= 15 is 0 Å². The highest BCUT2D eigenvalue weighted by atomic mass is 14.2. The smallest absolute Gasteiger partial charge is 0.00258 e. The van der Waals surface area contributed by atoms with Crippen molar-refractivity contribution < 1.29 is 0 Å². The molecule has 0 saturated heterocycles. The molecule has 106 valence electrons. The average Bonchev–Trinajstić information content (AvgIpc) is 2.39. The fraction of sp³-hybridized carbons (Fsp3) is 0.400. The van der Waals surface area contributed by atoms with Crippen molar-refractivity contribution in [2.75, 3.05) is 0 Å². The lowest BCUT2D eigenvalue weighted by atomic mass is 9.86. The highest BCUT2D eigenvalue weighted by Crippen LogP contribution is 2.23. The van der Waals surface area contributed by atoms with Gasteiger partial charge in [-0.1, -0.05) is 83.1 Å². The third kappa shape index (κ3) is 3.72. The molecule has 0 radical (unpaired) electrons. The summed E-state index contributed by atoms with van der Waals surface area (Å²) in [5, 5.41) is 0. The van der Waals surface area contributed by atoms with Crippen molar-refractivity contribution in [2.45, 2.75) is 52.4 Å². The van der Waals surface area contributed by atoms with Gasteiger partial charge in [-0.3, -0.25) is 0 Å². The van der Waals surface area contributed by atoms with Gasteiger partial charge in [-0.2, -0.15) is 0 Å². The predicted molar refractivity (Wildman–Crippen MR) is 88.5 cm³/mol. The number of hydrogen-bond acceptors (Lipinski definition) is 0. The van der Waals surface area contributed by atoms with E-state index in [1.807, 2.05) is 0 Å². The van der Waals surface area contributed by atoms with Gasteiger partial charge in [-0.15, -0.1) is 0 Å². The van der Waals surface area contributed by atoms with Crippen molar-refractivity contribution in [3.05, 3.63) is 70.8 Å². The number of rotatable bonds is 3. The standard InChI is InChI=1S/C20H26/c1-15(2)18-10-6-16(7-11-18)14-17-8-12-19(13-9-17)20(3,4)5/h6-13,15H,14H2,1-5H3. The molecule has 0 amide bonds. The van der Waals surface area contributed by atoms with Crippen LogP contribution < -0.4 is 0 Å². The molecule has 0 aliphatic carbocycles. The van der Waals surface area contributed by atoms with Crippen molar-refractivity contribution in [3.63, 3.8) is 0 Å². The molecular weight excluding hydrogens is 240 g/mol. The molecule has 2 rings (SSSR count). The number of benzene rings is 2. The summed E-state index contributed by atoms with van der Waals surface area (Å²) in [7, 11) is 0. The van der Waals surface area contributed by atoms with Crippen LogP contribution in [0, 0.1) is 0 Å². The second-order valence-electron chi connectivity index (χ2n) is 7.02. The van der Waals surface area contributed by atoms with Crippen molar-refractivity contribution in [1.29, 1.82) is 0 Å². The normalized spacial score (nSPS) is 11.9. The molecule has 0 aromatic heterocycles. The first-order valence-corrected chi connectivity index (χ1v) is 7.54. The SMILES string of the molecule is CC(C)c1ccc(Cc2ccc(C(C)(C)C)cc2)cc1. The lowest BCUT2D eigenvalue weighted by Gasteiger charge is -2.19. The van der Waals surface area contributed by atoms with Gasteiger partial charge in [0.1, 0.15) is 0 Å². The first kappa shape index (κ1) is 14.8. The average molecular weight is 266 g/mol. The maximum absolute atomic E-state index is 2.26. The summed E-state index contributed by atoms with van der Waals surface area (Å²) in [6, 6.07) is 18.1. The van der Waals surface area contributed by atoms with E-state index in [4.69, 9.17) is 0 Å². The van der Waals surface area contributed by atoms with Crippen LogP contribution in [0.3, 0.4) is 0 Å². The van der Waals surface area contributed by atoms with Crippen LogP contribution >= 0.6 is 0 Å². The van der Waals surface area contributed by atoms with E-state index in [9.17, 15) is 0 Å². The van der Waals surface area contributed by atoms with Crippen LogP contribution in [0.5, 0.6) is 0 Å². The molecule has 0 aliphatic rings. The summed E-state index contributed by atoms with van der Waals surface area (Å²) in [4.78, 5) is 0. The minimum Gasteiger partial charge on any atom is -0.0587 e. The van der Waals surface area contributed by atoms with Crippen molar-refractivity contribution >= 4 is 0 Å². The summed E-state index contributed by atoms with van der Waals surface area (Å²) in [5.74, 6) is 0.607. The maximum Gasteiger partial charge on any atom is -0.00258 e. The largest absolute Gasteiger partial charge is 0.0587 e. The van der Waals surface area contributed by atoms with E-state index in [0.717, 1.165) is 6.42 Å². The van der Waals surface area contributed by atoms with Gasteiger partial charge in [0.2, 0.25) is 0 Å².